The van der Waals surface area contributed by atoms with Crippen LogP contribution in [0, 0.1) is 17.0 Å². The van der Waals surface area contributed by atoms with E-state index in [1.54, 1.807) is 19.9 Å². The number of alkyl halides is 3. The molecule has 1 heterocycles. The van der Waals surface area contributed by atoms with Gasteiger partial charge < -0.3 is 5.32 Å². The summed E-state index contributed by atoms with van der Waals surface area (Å²) >= 11 is 0. The molecule has 12 heteroatoms. The lowest BCUT2D eigenvalue weighted by atomic mass is 10.1. The van der Waals surface area contributed by atoms with Gasteiger partial charge in [-0.15, -0.1) is 0 Å². The van der Waals surface area contributed by atoms with Crippen LogP contribution in [0.4, 0.5) is 24.5 Å². The summed E-state index contributed by atoms with van der Waals surface area (Å²) in [7, 11) is -5.67. The summed E-state index contributed by atoms with van der Waals surface area (Å²) in [6.07, 6.45) is 0.393. The first-order valence-corrected chi connectivity index (χ1v) is 8.77. The van der Waals surface area contributed by atoms with E-state index in [2.05, 4.69) is 15.5 Å². The molecule has 0 saturated heterocycles. The monoisotopic (exact) mass is 392 g/mol. The van der Waals surface area contributed by atoms with Gasteiger partial charge in [-0.1, -0.05) is 0 Å². The number of aromatic nitrogens is 2. The highest BCUT2D eigenvalue weighted by Crippen LogP contribution is 2.35. The maximum absolute atomic E-state index is 12.6. The zero-order chi connectivity index (χ0) is 19.7. The second kappa shape index (κ2) is 6.94. The largest absolute Gasteiger partial charge is 0.501 e. The third-order valence-electron chi connectivity index (χ3n) is 3.46. The molecule has 0 aliphatic rings. The van der Waals surface area contributed by atoms with Gasteiger partial charge in [-0.05, 0) is 32.0 Å². The number of H-pyrrole nitrogens is 1. The smallest absolute Gasteiger partial charge is 0.377 e. The van der Waals surface area contributed by atoms with Crippen LogP contribution >= 0.6 is 0 Å². The Morgan fingerprint density at radius 3 is 2.50 bits per heavy atom. The lowest BCUT2D eigenvalue weighted by Crippen LogP contribution is -2.23. The van der Waals surface area contributed by atoms with Crippen LogP contribution in [0.1, 0.15) is 18.3 Å². The minimum Gasteiger partial charge on any atom is -0.377 e. The number of aryl methyl sites for hydroxylation is 1. The van der Waals surface area contributed by atoms with Crippen molar-refractivity contribution in [3.63, 3.8) is 0 Å². The van der Waals surface area contributed by atoms with Crippen LogP contribution in [0.2, 0.25) is 0 Å². The minimum atomic E-state index is -5.67. The number of sulfone groups is 1. The topological polar surface area (TPSA) is 118 Å². The number of nitrogens with one attached hydrogen (secondary N) is 2. The van der Waals surface area contributed by atoms with E-state index < -0.39 is 30.9 Å². The van der Waals surface area contributed by atoms with Crippen LogP contribution in [0.3, 0.4) is 0 Å². The number of aromatic amines is 1. The number of hydrogen-bond acceptors (Lipinski definition) is 6. The molecule has 1 unspecified atom stereocenters. The van der Waals surface area contributed by atoms with E-state index in [0.717, 1.165) is 11.8 Å². The van der Waals surface area contributed by atoms with Crippen molar-refractivity contribution < 1.29 is 26.5 Å². The zero-order valence-electron chi connectivity index (χ0n) is 13.7. The van der Waals surface area contributed by atoms with Crippen LogP contribution in [-0.4, -0.2) is 35.1 Å². The summed E-state index contributed by atoms with van der Waals surface area (Å²) in [5.74, 6) is 0. The number of anilines is 1. The van der Waals surface area contributed by atoms with Crippen LogP contribution in [-0.2, 0) is 16.3 Å². The van der Waals surface area contributed by atoms with Crippen LogP contribution in [0.5, 0.6) is 0 Å². The van der Waals surface area contributed by atoms with E-state index in [0.29, 0.717) is 24.2 Å². The van der Waals surface area contributed by atoms with Gasteiger partial charge in [0, 0.05) is 24.2 Å². The van der Waals surface area contributed by atoms with E-state index in [1.807, 2.05) is 0 Å². The number of nitro benzene ring substituents is 1. The van der Waals surface area contributed by atoms with Gasteiger partial charge in [0.15, 0.2) is 0 Å². The molecule has 2 rings (SSSR count). The van der Waals surface area contributed by atoms with Crippen molar-refractivity contribution in [2.45, 2.75) is 36.7 Å². The minimum absolute atomic E-state index is 0.0871. The molecule has 2 N–H and O–H groups in total. The lowest BCUT2D eigenvalue weighted by molar-refractivity contribution is -0.384. The van der Waals surface area contributed by atoms with Gasteiger partial charge in [0.2, 0.25) is 0 Å². The highest BCUT2D eigenvalue weighted by atomic mass is 32.2. The number of hydrogen-bond donors (Lipinski definition) is 2. The molecule has 0 saturated carbocycles. The molecule has 0 fully saturated rings. The van der Waals surface area contributed by atoms with Gasteiger partial charge in [-0.25, -0.2) is 8.42 Å². The molecule has 8 nitrogen and oxygen atoms in total. The number of benzene rings is 1. The molecule has 1 aromatic carbocycles. The van der Waals surface area contributed by atoms with Gasteiger partial charge in [0.05, 0.1) is 15.5 Å². The summed E-state index contributed by atoms with van der Waals surface area (Å²) < 4.78 is 60.7. The number of nitro groups is 1. The van der Waals surface area contributed by atoms with Gasteiger partial charge in [0.25, 0.3) is 15.5 Å². The molecule has 26 heavy (non-hydrogen) atoms. The van der Waals surface area contributed by atoms with E-state index >= 15 is 0 Å². The second-order valence-corrected chi connectivity index (χ2v) is 7.62. The predicted octanol–water partition coefficient (Wildman–Crippen LogP) is 2.96. The molecule has 2 aromatic rings. The normalized spacial score (nSPS) is 13.4. The van der Waals surface area contributed by atoms with Crippen LogP contribution in [0.15, 0.2) is 29.2 Å². The summed E-state index contributed by atoms with van der Waals surface area (Å²) in [5.41, 5.74) is -4.86. The van der Waals surface area contributed by atoms with Crippen molar-refractivity contribution in [3.05, 3.63) is 45.8 Å². The fraction of sp³-hybridized carbons (Fsp3) is 0.357. The Balaban J connectivity index is 2.30. The fourth-order valence-electron chi connectivity index (χ4n) is 2.29. The van der Waals surface area contributed by atoms with Crippen LogP contribution < -0.4 is 5.32 Å². The Hall–Kier alpha value is -2.63. The molecule has 0 bridgehead atoms. The van der Waals surface area contributed by atoms with Gasteiger partial charge in [-0.2, -0.15) is 18.3 Å². The van der Waals surface area contributed by atoms with E-state index in [9.17, 15) is 31.7 Å². The average molecular weight is 392 g/mol. The molecule has 0 radical (unpaired) electrons. The third-order valence-corrected chi connectivity index (χ3v) is 4.94. The Morgan fingerprint density at radius 2 is 2.00 bits per heavy atom. The van der Waals surface area contributed by atoms with E-state index in [4.69, 9.17) is 0 Å². The zero-order valence-corrected chi connectivity index (χ0v) is 14.5. The van der Waals surface area contributed by atoms with E-state index in [1.165, 1.54) is 0 Å². The molecule has 0 aliphatic heterocycles. The van der Waals surface area contributed by atoms with Crippen molar-refractivity contribution in [3.8, 4) is 0 Å². The Morgan fingerprint density at radius 1 is 1.35 bits per heavy atom. The number of halogens is 3. The highest BCUT2D eigenvalue weighted by molar-refractivity contribution is 7.92. The second-order valence-electron chi connectivity index (χ2n) is 5.68. The van der Waals surface area contributed by atoms with Crippen molar-refractivity contribution in [2.75, 3.05) is 5.32 Å². The van der Waals surface area contributed by atoms with Crippen LogP contribution in [0.25, 0.3) is 0 Å². The van der Waals surface area contributed by atoms with Gasteiger partial charge in [0.1, 0.15) is 5.69 Å². The lowest BCUT2D eigenvalue weighted by Gasteiger charge is -2.15. The Bertz CT molecular complexity index is 925. The Labute approximate surface area is 146 Å². The number of nitrogens with zero attached hydrogens (tertiary/aromatic N) is 2. The van der Waals surface area contributed by atoms with Gasteiger partial charge in [-0.3, -0.25) is 15.2 Å². The van der Waals surface area contributed by atoms with Crippen molar-refractivity contribution >= 4 is 21.2 Å². The third kappa shape index (κ3) is 4.12. The molecule has 1 aromatic heterocycles. The number of rotatable bonds is 6. The molecule has 142 valence electrons. The van der Waals surface area contributed by atoms with Gasteiger partial charge >= 0.3 is 5.51 Å². The maximum Gasteiger partial charge on any atom is 0.501 e. The van der Waals surface area contributed by atoms with Crippen molar-refractivity contribution in [1.82, 2.24) is 10.2 Å². The predicted molar refractivity (Wildman–Crippen MR) is 86.5 cm³/mol. The molecule has 0 spiro atoms. The van der Waals surface area contributed by atoms with E-state index in [-0.39, 0.29) is 11.7 Å². The first kappa shape index (κ1) is 19.7. The molecule has 1 atom stereocenters. The maximum atomic E-state index is 12.6. The molecule has 0 aliphatic carbocycles. The standard InChI is InChI=1S/C14H15F3N4O4S/c1-8(5-10-6-9(2)19-20-10)18-12-4-3-11(7-13(12)21(22)23)26(24,25)14(15,16)17/h3-4,6-8,18H,5H2,1-2H3,(H,19,20). The average Bonchev–Trinajstić information content (AvgIpc) is 2.90. The first-order chi connectivity index (χ1) is 11.9. The molecular weight excluding hydrogens is 377 g/mol. The SMILES string of the molecule is Cc1cc(CC(C)Nc2ccc(S(=O)(=O)C(F)(F)F)cc2[N+](=O)[O-])n[nH]1. The quantitative estimate of drug-likeness (QED) is 0.576. The first-order valence-electron chi connectivity index (χ1n) is 7.29. The summed E-state index contributed by atoms with van der Waals surface area (Å²) in [6, 6.07) is 3.47. The summed E-state index contributed by atoms with van der Waals surface area (Å²) in [4.78, 5) is 9.04. The summed E-state index contributed by atoms with van der Waals surface area (Å²) in [5, 5.41) is 20.7. The summed E-state index contributed by atoms with van der Waals surface area (Å²) in [6.45, 7) is 3.51. The molecular formula is C14H15F3N4O4S. The molecule has 0 amide bonds. The highest BCUT2D eigenvalue weighted by Gasteiger charge is 2.47. The fourth-order valence-corrected chi connectivity index (χ4v) is 3.08. The van der Waals surface area contributed by atoms with Crippen molar-refractivity contribution in [2.24, 2.45) is 0 Å². The van der Waals surface area contributed by atoms with Crippen molar-refractivity contribution in [1.29, 1.82) is 0 Å². The Kier molecular flexibility index (Phi) is 5.26.